The molecule has 124 valence electrons. The second-order valence-electron chi connectivity index (χ2n) is 6.85. The van der Waals surface area contributed by atoms with Crippen molar-refractivity contribution in [3.8, 4) is 0 Å². The van der Waals surface area contributed by atoms with E-state index in [1.807, 2.05) is 35.2 Å². The number of carbonyl (C=O) groups is 1. The van der Waals surface area contributed by atoms with E-state index in [4.69, 9.17) is 4.98 Å². The van der Waals surface area contributed by atoms with Gasteiger partial charge >= 0.3 is 0 Å². The molecule has 0 N–H and O–H groups in total. The Morgan fingerprint density at radius 2 is 1.92 bits per heavy atom. The smallest absolute Gasteiger partial charge is 0.258 e. The standard InChI is InChI=1S/C19H22N4O/c1-14-7-9-22(10-8-14)19-20-11-16-17(21-19)13-23(18(16)24)12-15-5-3-2-4-6-15/h2-6,11,14H,7-10,12-13H2,1H3. The van der Waals surface area contributed by atoms with Crippen LogP contribution in [0.2, 0.25) is 0 Å². The number of fused-ring (bicyclic) bond motifs is 1. The summed E-state index contributed by atoms with van der Waals surface area (Å²) in [5.41, 5.74) is 2.65. The number of aromatic nitrogens is 2. The summed E-state index contributed by atoms with van der Waals surface area (Å²) >= 11 is 0. The maximum Gasteiger partial charge on any atom is 0.258 e. The number of amides is 1. The third-order valence-electron chi connectivity index (χ3n) is 5.00. The Labute approximate surface area is 142 Å². The first kappa shape index (κ1) is 15.1. The lowest BCUT2D eigenvalue weighted by Crippen LogP contribution is -2.34. The molecule has 1 saturated heterocycles. The van der Waals surface area contributed by atoms with Gasteiger partial charge in [0.15, 0.2) is 0 Å². The van der Waals surface area contributed by atoms with Gasteiger partial charge in [-0.05, 0) is 24.3 Å². The van der Waals surface area contributed by atoms with Crippen molar-refractivity contribution in [2.45, 2.75) is 32.9 Å². The van der Waals surface area contributed by atoms with Gasteiger partial charge in [0.2, 0.25) is 5.95 Å². The summed E-state index contributed by atoms with van der Waals surface area (Å²) in [6, 6.07) is 10.1. The Morgan fingerprint density at radius 1 is 1.17 bits per heavy atom. The minimum absolute atomic E-state index is 0.0349. The van der Waals surface area contributed by atoms with Crippen LogP contribution in [0.4, 0.5) is 5.95 Å². The molecule has 2 aromatic rings. The number of anilines is 1. The van der Waals surface area contributed by atoms with E-state index in [1.165, 1.54) is 12.8 Å². The van der Waals surface area contributed by atoms with E-state index in [9.17, 15) is 4.79 Å². The third kappa shape index (κ3) is 2.86. The maximum atomic E-state index is 12.6. The molecule has 2 aliphatic rings. The van der Waals surface area contributed by atoms with Gasteiger partial charge in [-0.25, -0.2) is 9.97 Å². The predicted octanol–water partition coefficient (Wildman–Crippen LogP) is 2.87. The van der Waals surface area contributed by atoms with E-state index in [1.54, 1.807) is 6.20 Å². The van der Waals surface area contributed by atoms with Gasteiger partial charge in [0.05, 0.1) is 17.8 Å². The fourth-order valence-corrected chi connectivity index (χ4v) is 3.42. The molecule has 0 spiro atoms. The molecule has 1 amide bonds. The van der Waals surface area contributed by atoms with E-state index in [2.05, 4.69) is 16.8 Å². The first-order valence-electron chi connectivity index (χ1n) is 8.65. The summed E-state index contributed by atoms with van der Waals surface area (Å²) in [5.74, 6) is 1.58. The molecule has 4 rings (SSSR count). The van der Waals surface area contributed by atoms with Crippen molar-refractivity contribution in [1.82, 2.24) is 14.9 Å². The van der Waals surface area contributed by atoms with Crippen LogP contribution >= 0.6 is 0 Å². The predicted molar refractivity (Wildman–Crippen MR) is 92.7 cm³/mol. The van der Waals surface area contributed by atoms with E-state index in [0.29, 0.717) is 18.7 Å². The molecule has 1 aromatic carbocycles. The van der Waals surface area contributed by atoms with Gasteiger partial charge in [0, 0.05) is 25.8 Å². The first-order valence-corrected chi connectivity index (χ1v) is 8.65. The van der Waals surface area contributed by atoms with Crippen molar-refractivity contribution in [2.24, 2.45) is 5.92 Å². The van der Waals surface area contributed by atoms with Crippen LogP contribution in [-0.2, 0) is 13.1 Å². The molecular weight excluding hydrogens is 300 g/mol. The van der Waals surface area contributed by atoms with E-state index < -0.39 is 0 Å². The SMILES string of the molecule is CC1CCN(c2ncc3c(n2)CN(Cc2ccccc2)C3=O)CC1. The summed E-state index contributed by atoms with van der Waals surface area (Å²) < 4.78 is 0. The van der Waals surface area contributed by atoms with Crippen LogP contribution in [0.1, 0.15) is 41.4 Å². The molecule has 1 fully saturated rings. The van der Waals surface area contributed by atoms with E-state index in [0.717, 1.165) is 36.2 Å². The van der Waals surface area contributed by atoms with Gasteiger partial charge in [-0.15, -0.1) is 0 Å². The lowest BCUT2D eigenvalue weighted by Gasteiger charge is -2.30. The molecule has 3 heterocycles. The highest BCUT2D eigenvalue weighted by atomic mass is 16.2. The summed E-state index contributed by atoms with van der Waals surface area (Å²) in [4.78, 5) is 25.8. The Morgan fingerprint density at radius 3 is 2.67 bits per heavy atom. The second kappa shape index (κ2) is 6.23. The molecule has 0 unspecified atom stereocenters. The highest BCUT2D eigenvalue weighted by molar-refractivity contribution is 5.97. The largest absolute Gasteiger partial charge is 0.341 e. The molecule has 24 heavy (non-hydrogen) atoms. The number of hydrogen-bond acceptors (Lipinski definition) is 4. The molecule has 5 nitrogen and oxygen atoms in total. The summed E-state index contributed by atoms with van der Waals surface area (Å²) in [6.45, 7) is 5.49. The molecule has 0 atom stereocenters. The van der Waals surface area contributed by atoms with Gasteiger partial charge in [0.1, 0.15) is 0 Å². The fourth-order valence-electron chi connectivity index (χ4n) is 3.42. The average molecular weight is 322 g/mol. The van der Waals surface area contributed by atoms with Crippen LogP contribution in [0.5, 0.6) is 0 Å². The van der Waals surface area contributed by atoms with Crippen LogP contribution in [0, 0.1) is 5.92 Å². The Balaban J connectivity index is 1.51. The highest BCUT2D eigenvalue weighted by Gasteiger charge is 2.30. The lowest BCUT2D eigenvalue weighted by atomic mass is 10.00. The van der Waals surface area contributed by atoms with E-state index >= 15 is 0 Å². The monoisotopic (exact) mass is 322 g/mol. The molecule has 0 saturated carbocycles. The van der Waals surface area contributed by atoms with Gasteiger partial charge in [-0.2, -0.15) is 0 Å². The van der Waals surface area contributed by atoms with Gasteiger partial charge in [-0.1, -0.05) is 37.3 Å². The summed E-state index contributed by atoms with van der Waals surface area (Å²) in [6.07, 6.45) is 4.07. The van der Waals surface area contributed by atoms with Crippen molar-refractivity contribution in [1.29, 1.82) is 0 Å². The molecule has 5 heteroatoms. The van der Waals surface area contributed by atoms with Gasteiger partial charge in [-0.3, -0.25) is 4.79 Å². The highest BCUT2D eigenvalue weighted by Crippen LogP contribution is 2.26. The van der Waals surface area contributed by atoms with Crippen molar-refractivity contribution >= 4 is 11.9 Å². The Kier molecular flexibility index (Phi) is 3.92. The summed E-state index contributed by atoms with van der Waals surface area (Å²) in [7, 11) is 0. The molecule has 1 aromatic heterocycles. The van der Waals surface area contributed by atoms with Crippen molar-refractivity contribution < 1.29 is 4.79 Å². The number of nitrogens with zero attached hydrogens (tertiary/aromatic N) is 4. The van der Waals surface area contributed by atoms with Gasteiger partial charge < -0.3 is 9.80 Å². The fraction of sp³-hybridized carbons (Fsp3) is 0.421. The summed E-state index contributed by atoms with van der Waals surface area (Å²) in [5, 5.41) is 0. The van der Waals surface area contributed by atoms with Crippen molar-refractivity contribution in [2.75, 3.05) is 18.0 Å². The quantitative estimate of drug-likeness (QED) is 0.872. The van der Waals surface area contributed by atoms with Crippen LogP contribution in [0.25, 0.3) is 0 Å². The topological polar surface area (TPSA) is 49.3 Å². The number of benzene rings is 1. The average Bonchev–Trinajstić information content (AvgIpc) is 2.92. The zero-order valence-electron chi connectivity index (χ0n) is 14.0. The molecule has 2 aliphatic heterocycles. The third-order valence-corrected chi connectivity index (χ3v) is 5.00. The molecule has 0 bridgehead atoms. The molecule has 0 aliphatic carbocycles. The van der Waals surface area contributed by atoms with Crippen LogP contribution in [0.15, 0.2) is 36.5 Å². The Bertz CT molecular complexity index is 738. The van der Waals surface area contributed by atoms with Crippen LogP contribution < -0.4 is 4.90 Å². The normalized spacial score (nSPS) is 18.1. The first-order chi connectivity index (χ1) is 11.7. The number of rotatable bonds is 3. The molecule has 0 radical (unpaired) electrons. The minimum Gasteiger partial charge on any atom is -0.341 e. The number of hydrogen-bond donors (Lipinski definition) is 0. The van der Waals surface area contributed by atoms with Crippen molar-refractivity contribution in [3.63, 3.8) is 0 Å². The Hall–Kier alpha value is -2.43. The lowest BCUT2D eigenvalue weighted by molar-refractivity contribution is 0.0766. The van der Waals surface area contributed by atoms with Crippen molar-refractivity contribution in [3.05, 3.63) is 53.3 Å². The van der Waals surface area contributed by atoms with Crippen LogP contribution in [-0.4, -0.2) is 33.9 Å². The second-order valence-corrected chi connectivity index (χ2v) is 6.85. The van der Waals surface area contributed by atoms with E-state index in [-0.39, 0.29) is 5.91 Å². The molecular formula is C19H22N4O. The number of piperidine rings is 1. The minimum atomic E-state index is 0.0349. The zero-order chi connectivity index (χ0) is 16.5. The van der Waals surface area contributed by atoms with Gasteiger partial charge in [0.25, 0.3) is 5.91 Å². The maximum absolute atomic E-state index is 12.6. The number of carbonyl (C=O) groups excluding carboxylic acids is 1. The van der Waals surface area contributed by atoms with Crippen LogP contribution in [0.3, 0.4) is 0 Å². The zero-order valence-corrected chi connectivity index (χ0v) is 14.0.